The number of hydrogen-bond acceptors (Lipinski definition) is 2. The molecule has 2 rings (SSSR count). The zero-order valence-corrected chi connectivity index (χ0v) is 11.1. The van der Waals surface area contributed by atoms with E-state index < -0.39 is 0 Å². The SMILES string of the molecule is C=CCn1c(C)cc(C)c1C(=O)N1CCOCC1. The molecule has 0 unspecified atom stereocenters. The van der Waals surface area contributed by atoms with Crippen molar-refractivity contribution in [2.24, 2.45) is 0 Å². The summed E-state index contributed by atoms with van der Waals surface area (Å²) in [5.74, 6) is 0.103. The second-order valence-corrected chi connectivity index (χ2v) is 4.62. The number of aryl methyl sites for hydroxylation is 2. The van der Waals surface area contributed by atoms with Crippen molar-refractivity contribution < 1.29 is 9.53 Å². The Balaban J connectivity index is 2.30. The van der Waals surface area contributed by atoms with Gasteiger partial charge in [0.15, 0.2) is 0 Å². The molecular weight excluding hydrogens is 228 g/mol. The van der Waals surface area contributed by atoms with Gasteiger partial charge < -0.3 is 14.2 Å². The van der Waals surface area contributed by atoms with E-state index in [1.165, 1.54) is 0 Å². The third-order valence-corrected chi connectivity index (χ3v) is 3.31. The lowest BCUT2D eigenvalue weighted by Crippen LogP contribution is -2.41. The fourth-order valence-corrected chi connectivity index (χ4v) is 2.41. The predicted octanol–water partition coefficient (Wildman–Crippen LogP) is 1.76. The maximum Gasteiger partial charge on any atom is 0.270 e. The van der Waals surface area contributed by atoms with Gasteiger partial charge in [0.2, 0.25) is 0 Å². The number of ether oxygens (including phenoxy) is 1. The summed E-state index contributed by atoms with van der Waals surface area (Å²) in [6, 6.07) is 2.05. The van der Waals surface area contributed by atoms with Crippen LogP contribution < -0.4 is 0 Å². The van der Waals surface area contributed by atoms with Crippen LogP contribution in [-0.2, 0) is 11.3 Å². The molecule has 0 aromatic carbocycles. The van der Waals surface area contributed by atoms with Crippen molar-refractivity contribution in [3.8, 4) is 0 Å². The smallest absolute Gasteiger partial charge is 0.270 e. The molecule has 1 aromatic heterocycles. The molecule has 0 aliphatic carbocycles. The minimum Gasteiger partial charge on any atom is -0.378 e. The number of hydrogen-bond donors (Lipinski definition) is 0. The molecule has 2 heterocycles. The average Bonchev–Trinajstić information content (AvgIpc) is 2.65. The highest BCUT2D eigenvalue weighted by atomic mass is 16.5. The Kier molecular flexibility index (Phi) is 3.87. The zero-order valence-electron chi connectivity index (χ0n) is 11.1. The van der Waals surface area contributed by atoms with E-state index in [1.54, 1.807) is 0 Å². The maximum absolute atomic E-state index is 12.5. The summed E-state index contributed by atoms with van der Waals surface area (Å²) in [5, 5.41) is 0. The Morgan fingerprint density at radius 1 is 1.44 bits per heavy atom. The number of amides is 1. The van der Waals surface area contributed by atoms with Crippen molar-refractivity contribution in [2.75, 3.05) is 26.3 Å². The zero-order chi connectivity index (χ0) is 13.1. The van der Waals surface area contributed by atoms with Crippen LogP contribution in [0.5, 0.6) is 0 Å². The molecule has 4 nitrogen and oxygen atoms in total. The summed E-state index contributed by atoms with van der Waals surface area (Å²) < 4.78 is 7.31. The average molecular weight is 248 g/mol. The molecule has 0 spiro atoms. The normalized spacial score (nSPS) is 15.8. The second-order valence-electron chi connectivity index (χ2n) is 4.62. The first-order chi connectivity index (χ1) is 8.65. The lowest BCUT2D eigenvalue weighted by Gasteiger charge is -2.27. The summed E-state index contributed by atoms with van der Waals surface area (Å²) in [7, 11) is 0. The van der Waals surface area contributed by atoms with E-state index in [4.69, 9.17) is 4.74 Å². The molecule has 0 radical (unpaired) electrons. The summed E-state index contributed by atoms with van der Waals surface area (Å²) >= 11 is 0. The molecule has 0 bridgehead atoms. The van der Waals surface area contributed by atoms with Crippen LogP contribution in [0.3, 0.4) is 0 Å². The van der Waals surface area contributed by atoms with Crippen molar-refractivity contribution in [1.29, 1.82) is 0 Å². The first-order valence-electron chi connectivity index (χ1n) is 6.29. The van der Waals surface area contributed by atoms with Crippen LogP contribution in [0.25, 0.3) is 0 Å². The van der Waals surface area contributed by atoms with E-state index in [1.807, 2.05) is 29.4 Å². The number of aromatic nitrogens is 1. The highest BCUT2D eigenvalue weighted by Crippen LogP contribution is 2.18. The molecule has 1 saturated heterocycles. The van der Waals surface area contributed by atoms with Gasteiger partial charge in [-0.15, -0.1) is 6.58 Å². The van der Waals surface area contributed by atoms with Gasteiger partial charge in [-0.2, -0.15) is 0 Å². The van der Waals surface area contributed by atoms with Crippen molar-refractivity contribution in [1.82, 2.24) is 9.47 Å². The Hall–Kier alpha value is -1.55. The van der Waals surface area contributed by atoms with Crippen LogP contribution in [0.4, 0.5) is 0 Å². The van der Waals surface area contributed by atoms with E-state index >= 15 is 0 Å². The Morgan fingerprint density at radius 2 is 2.11 bits per heavy atom. The molecule has 1 amide bonds. The van der Waals surface area contributed by atoms with E-state index in [0.29, 0.717) is 32.8 Å². The number of carbonyl (C=O) groups excluding carboxylic acids is 1. The molecular formula is C14H20N2O2. The first-order valence-corrected chi connectivity index (χ1v) is 6.29. The molecule has 1 fully saturated rings. The quantitative estimate of drug-likeness (QED) is 0.764. The van der Waals surface area contributed by atoms with Gasteiger partial charge in [-0.05, 0) is 25.5 Å². The van der Waals surface area contributed by atoms with E-state index in [2.05, 4.69) is 12.6 Å². The largest absolute Gasteiger partial charge is 0.378 e. The molecule has 18 heavy (non-hydrogen) atoms. The highest BCUT2D eigenvalue weighted by molar-refractivity contribution is 5.94. The van der Waals surface area contributed by atoms with Gasteiger partial charge >= 0.3 is 0 Å². The topological polar surface area (TPSA) is 34.5 Å². The lowest BCUT2D eigenvalue weighted by molar-refractivity contribution is 0.0295. The van der Waals surface area contributed by atoms with Crippen LogP contribution in [0, 0.1) is 13.8 Å². The fraction of sp³-hybridized carbons (Fsp3) is 0.500. The van der Waals surface area contributed by atoms with E-state index in [9.17, 15) is 4.79 Å². The van der Waals surface area contributed by atoms with Crippen molar-refractivity contribution in [3.63, 3.8) is 0 Å². The van der Waals surface area contributed by atoms with Crippen molar-refractivity contribution in [2.45, 2.75) is 20.4 Å². The van der Waals surface area contributed by atoms with Crippen LogP contribution >= 0.6 is 0 Å². The molecule has 4 heteroatoms. The predicted molar refractivity (Wildman–Crippen MR) is 70.8 cm³/mol. The third-order valence-electron chi connectivity index (χ3n) is 3.31. The highest BCUT2D eigenvalue weighted by Gasteiger charge is 2.23. The second kappa shape index (κ2) is 5.40. The monoisotopic (exact) mass is 248 g/mol. The summed E-state index contributed by atoms with van der Waals surface area (Å²) in [4.78, 5) is 14.4. The van der Waals surface area contributed by atoms with Gasteiger partial charge in [-0.1, -0.05) is 6.08 Å². The Morgan fingerprint density at radius 3 is 2.72 bits per heavy atom. The minimum absolute atomic E-state index is 0.103. The van der Waals surface area contributed by atoms with Gasteiger partial charge in [-0.3, -0.25) is 4.79 Å². The van der Waals surface area contributed by atoms with Crippen LogP contribution in [-0.4, -0.2) is 41.7 Å². The number of carbonyl (C=O) groups is 1. The fourth-order valence-electron chi connectivity index (χ4n) is 2.41. The molecule has 0 N–H and O–H groups in total. The standard InChI is InChI=1S/C14H20N2O2/c1-4-5-16-12(3)10-11(2)13(16)14(17)15-6-8-18-9-7-15/h4,10H,1,5-9H2,2-3H3. The van der Waals surface area contributed by atoms with Gasteiger partial charge in [0.05, 0.1) is 13.2 Å². The molecule has 0 saturated carbocycles. The van der Waals surface area contributed by atoms with Gasteiger partial charge in [0.1, 0.15) is 5.69 Å². The Bertz CT molecular complexity index is 457. The van der Waals surface area contributed by atoms with Gasteiger partial charge in [-0.25, -0.2) is 0 Å². The Labute approximate surface area is 108 Å². The van der Waals surface area contributed by atoms with E-state index in [-0.39, 0.29) is 5.91 Å². The third kappa shape index (κ3) is 2.34. The molecule has 1 aliphatic heterocycles. The number of morpholine rings is 1. The number of rotatable bonds is 3. The van der Waals surface area contributed by atoms with Gasteiger partial charge in [0, 0.05) is 25.3 Å². The summed E-state index contributed by atoms with van der Waals surface area (Å²) in [6.07, 6.45) is 1.82. The molecule has 0 atom stereocenters. The summed E-state index contributed by atoms with van der Waals surface area (Å²) in [6.45, 7) is 11.0. The maximum atomic E-state index is 12.5. The minimum atomic E-state index is 0.103. The number of allylic oxidation sites excluding steroid dienone is 1. The van der Waals surface area contributed by atoms with Crippen molar-refractivity contribution >= 4 is 5.91 Å². The lowest BCUT2D eigenvalue weighted by atomic mass is 10.2. The molecule has 1 aliphatic rings. The number of nitrogens with zero attached hydrogens (tertiary/aromatic N) is 2. The van der Waals surface area contributed by atoms with Crippen LogP contribution in [0.1, 0.15) is 21.7 Å². The van der Waals surface area contributed by atoms with Crippen molar-refractivity contribution in [3.05, 3.63) is 35.7 Å². The van der Waals surface area contributed by atoms with Gasteiger partial charge in [0.25, 0.3) is 5.91 Å². The van der Waals surface area contributed by atoms with Crippen LogP contribution in [0.15, 0.2) is 18.7 Å². The summed E-state index contributed by atoms with van der Waals surface area (Å²) in [5.41, 5.74) is 2.92. The van der Waals surface area contributed by atoms with E-state index in [0.717, 1.165) is 17.0 Å². The van der Waals surface area contributed by atoms with Crippen LogP contribution in [0.2, 0.25) is 0 Å². The molecule has 98 valence electrons. The first kappa shape index (κ1) is 12.9. The molecule has 1 aromatic rings.